The van der Waals surface area contributed by atoms with Crippen LogP contribution in [-0.4, -0.2) is 66.0 Å². The molecule has 0 atom stereocenters. The molecule has 29 heavy (non-hydrogen) atoms. The highest BCUT2D eigenvalue weighted by Crippen LogP contribution is 2.30. The highest BCUT2D eigenvalue weighted by Gasteiger charge is 2.31. The Kier molecular flexibility index (Phi) is 5.04. The van der Waals surface area contributed by atoms with Crippen molar-refractivity contribution in [3.63, 3.8) is 0 Å². The largest absolute Gasteiger partial charge is 0.378 e. The number of morpholine rings is 1. The van der Waals surface area contributed by atoms with E-state index in [1.54, 1.807) is 0 Å². The zero-order valence-corrected chi connectivity index (χ0v) is 16.9. The van der Waals surface area contributed by atoms with Gasteiger partial charge in [-0.25, -0.2) is 0 Å². The van der Waals surface area contributed by atoms with Gasteiger partial charge < -0.3 is 19.5 Å². The third kappa shape index (κ3) is 3.54. The van der Waals surface area contributed by atoms with Crippen LogP contribution >= 0.6 is 0 Å². The van der Waals surface area contributed by atoms with Gasteiger partial charge in [0.1, 0.15) is 0 Å². The van der Waals surface area contributed by atoms with Crippen molar-refractivity contribution >= 4 is 22.7 Å². The number of piperidine rings is 1. The van der Waals surface area contributed by atoms with E-state index in [0.717, 1.165) is 36.8 Å². The maximum Gasteiger partial charge on any atom is 0.253 e. The van der Waals surface area contributed by atoms with Crippen LogP contribution in [-0.2, 0) is 22.4 Å². The van der Waals surface area contributed by atoms with Gasteiger partial charge in [-0.05, 0) is 56.2 Å². The molecule has 2 aliphatic heterocycles. The average Bonchev–Trinajstić information content (AvgIpc) is 3.16. The first-order chi connectivity index (χ1) is 14.2. The first-order valence-electron chi connectivity index (χ1n) is 11.0. The Morgan fingerprint density at radius 2 is 1.72 bits per heavy atom. The summed E-state index contributed by atoms with van der Waals surface area (Å²) in [4.78, 5) is 33.1. The number of rotatable bonds is 2. The van der Waals surface area contributed by atoms with Crippen LogP contribution in [0, 0.1) is 5.92 Å². The van der Waals surface area contributed by atoms with Gasteiger partial charge >= 0.3 is 0 Å². The number of benzene rings is 1. The van der Waals surface area contributed by atoms with E-state index in [9.17, 15) is 9.59 Å². The number of likely N-dealkylation sites (tertiary alicyclic amines) is 1. The Morgan fingerprint density at radius 3 is 2.52 bits per heavy atom. The summed E-state index contributed by atoms with van der Waals surface area (Å²) in [6.07, 6.45) is 6.23. The first kappa shape index (κ1) is 18.7. The van der Waals surface area contributed by atoms with Gasteiger partial charge in [0, 0.05) is 54.3 Å². The average molecular weight is 396 g/mol. The summed E-state index contributed by atoms with van der Waals surface area (Å²) in [5.74, 6) is 0.352. The molecule has 0 bridgehead atoms. The number of aromatic amines is 1. The molecule has 6 heteroatoms. The number of ether oxygens (including phenoxy) is 1. The van der Waals surface area contributed by atoms with Gasteiger partial charge in [0.25, 0.3) is 5.91 Å². The Hall–Kier alpha value is -2.34. The molecule has 2 saturated heterocycles. The van der Waals surface area contributed by atoms with Gasteiger partial charge in [0.2, 0.25) is 5.91 Å². The lowest BCUT2D eigenvalue weighted by atomic mass is 9.94. The summed E-state index contributed by atoms with van der Waals surface area (Å²) in [6.45, 7) is 3.95. The smallest absolute Gasteiger partial charge is 0.253 e. The van der Waals surface area contributed by atoms with Crippen LogP contribution in [0.15, 0.2) is 18.2 Å². The van der Waals surface area contributed by atoms with Crippen LogP contribution < -0.4 is 0 Å². The van der Waals surface area contributed by atoms with Crippen LogP contribution in [0.1, 0.15) is 47.3 Å². The molecule has 5 rings (SSSR count). The van der Waals surface area contributed by atoms with E-state index < -0.39 is 0 Å². The molecule has 0 saturated carbocycles. The summed E-state index contributed by atoms with van der Waals surface area (Å²) in [7, 11) is 0. The van der Waals surface area contributed by atoms with Crippen LogP contribution in [0.4, 0.5) is 0 Å². The lowest BCUT2D eigenvalue weighted by Gasteiger charge is -2.35. The van der Waals surface area contributed by atoms with Gasteiger partial charge in [-0.2, -0.15) is 0 Å². The Bertz CT molecular complexity index is 921. The molecular formula is C23H29N3O3. The van der Waals surface area contributed by atoms with Gasteiger partial charge in [0.05, 0.1) is 13.2 Å². The topological polar surface area (TPSA) is 65.6 Å². The quantitative estimate of drug-likeness (QED) is 0.850. The molecule has 1 aromatic heterocycles. The molecule has 2 amide bonds. The van der Waals surface area contributed by atoms with E-state index in [2.05, 4.69) is 11.1 Å². The van der Waals surface area contributed by atoms with Crippen LogP contribution in [0.25, 0.3) is 10.9 Å². The van der Waals surface area contributed by atoms with Crippen molar-refractivity contribution in [2.75, 3.05) is 39.4 Å². The van der Waals surface area contributed by atoms with E-state index in [4.69, 9.17) is 4.74 Å². The SMILES string of the molecule is O=C(c1ccc2c3c([nH]c2c1)CCCC3)N1CCC(C(=O)N2CCOCC2)CC1. The summed E-state index contributed by atoms with van der Waals surface area (Å²) < 4.78 is 5.34. The van der Waals surface area contributed by atoms with Gasteiger partial charge in [0.15, 0.2) is 0 Å². The second kappa shape index (κ2) is 7.82. The van der Waals surface area contributed by atoms with Crippen molar-refractivity contribution in [2.45, 2.75) is 38.5 Å². The monoisotopic (exact) mass is 395 g/mol. The van der Waals surface area contributed by atoms with Crippen molar-refractivity contribution in [1.29, 1.82) is 0 Å². The van der Waals surface area contributed by atoms with Crippen molar-refractivity contribution < 1.29 is 14.3 Å². The number of carbonyl (C=O) groups is 2. The molecule has 2 fully saturated rings. The molecule has 0 radical (unpaired) electrons. The number of amides is 2. The number of H-pyrrole nitrogens is 1. The van der Waals surface area contributed by atoms with Crippen LogP contribution in [0.3, 0.4) is 0 Å². The van der Waals surface area contributed by atoms with E-state index in [1.165, 1.54) is 29.5 Å². The van der Waals surface area contributed by atoms with Gasteiger partial charge in [-0.3, -0.25) is 9.59 Å². The minimum atomic E-state index is 0.0368. The predicted molar refractivity (Wildman–Crippen MR) is 111 cm³/mol. The molecule has 3 aliphatic rings. The highest BCUT2D eigenvalue weighted by molar-refractivity contribution is 5.99. The minimum absolute atomic E-state index is 0.0368. The normalized spacial score (nSPS) is 20.7. The number of carbonyl (C=O) groups excluding carboxylic acids is 2. The first-order valence-corrected chi connectivity index (χ1v) is 11.0. The molecule has 1 N–H and O–H groups in total. The zero-order valence-electron chi connectivity index (χ0n) is 16.9. The molecule has 1 aliphatic carbocycles. The van der Waals surface area contributed by atoms with Crippen molar-refractivity contribution in [3.8, 4) is 0 Å². The fourth-order valence-electron chi connectivity index (χ4n) is 5.10. The maximum absolute atomic E-state index is 13.1. The van der Waals surface area contributed by atoms with Gasteiger partial charge in [-0.15, -0.1) is 0 Å². The van der Waals surface area contributed by atoms with Crippen molar-refractivity contribution in [1.82, 2.24) is 14.8 Å². The summed E-state index contributed by atoms with van der Waals surface area (Å²) in [5.41, 5.74) is 4.61. The zero-order chi connectivity index (χ0) is 19.8. The molecule has 0 unspecified atom stereocenters. The predicted octanol–water partition coefficient (Wildman–Crippen LogP) is 2.76. The molecular weight excluding hydrogens is 366 g/mol. The minimum Gasteiger partial charge on any atom is -0.378 e. The van der Waals surface area contributed by atoms with E-state index >= 15 is 0 Å². The number of nitrogens with zero attached hydrogens (tertiary/aromatic N) is 2. The molecule has 2 aromatic rings. The second-order valence-corrected chi connectivity index (χ2v) is 8.55. The molecule has 0 spiro atoms. The van der Waals surface area contributed by atoms with E-state index in [1.807, 2.05) is 21.9 Å². The molecule has 154 valence electrons. The lowest BCUT2D eigenvalue weighted by molar-refractivity contribution is -0.141. The third-order valence-electron chi connectivity index (χ3n) is 6.80. The molecule has 1 aromatic carbocycles. The summed E-state index contributed by atoms with van der Waals surface area (Å²) in [5, 5.41) is 1.27. The Labute approximate surface area is 171 Å². The number of aromatic nitrogens is 1. The number of nitrogens with one attached hydrogen (secondary N) is 1. The van der Waals surface area contributed by atoms with Gasteiger partial charge in [-0.1, -0.05) is 6.07 Å². The van der Waals surface area contributed by atoms with Crippen LogP contribution in [0.2, 0.25) is 0 Å². The highest BCUT2D eigenvalue weighted by atomic mass is 16.5. The summed E-state index contributed by atoms with van der Waals surface area (Å²) in [6, 6.07) is 6.09. The molecule has 6 nitrogen and oxygen atoms in total. The van der Waals surface area contributed by atoms with E-state index in [-0.39, 0.29) is 17.7 Å². The summed E-state index contributed by atoms with van der Waals surface area (Å²) >= 11 is 0. The number of aryl methyl sites for hydroxylation is 2. The number of hydrogen-bond donors (Lipinski definition) is 1. The third-order valence-corrected chi connectivity index (χ3v) is 6.80. The fraction of sp³-hybridized carbons (Fsp3) is 0.565. The van der Waals surface area contributed by atoms with Crippen molar-refractivity contribution in [3.05, 3.63) is 35.0 Å². The Balaban J connectivity index is 1.25. The van der Waals surface area contributed by atoms with Crippen molar-refractivity contribution in [2.24, 2.45) is 5.92 Å². The number of hydrogen-bond acceptors (Lipinski definition) is 3. The van der Waals surface area contributed by atoms with Crippen LogP contribution in [0.5, 0.6) is 0 Å². The lowest BCUT2D eigenvalue weighted by Crippen LogP contribution is -2.47. The standard InChI is InChI=1S/C23H29N3O3/c27-22(26-11-13-29-14-12-26)16-7-9-25(10-8-16)23(28)17-5-6-19-18-3-1-2-4-20(18)24-21(19)15-17/h5-6,15-16,24H,1-4,7-14H2. The second-order valence-electron chi connectivity index (χ2n) is 8.55. The van der Waals surface area contributed by atoms with E-state index in [0.29, 0.717) is 39.4 Å². The molecule has 3 heterocycles. The number of fused-ring (bicyclic) bond motifs is 3. The Morgan fingerprint density at radius 1 is 0.966 bits per heavy atom. The fourth-order valence-corrected chi connectivity index (χ4v) is 5.10. The maximum atomic E-state index is 13.1.